The zero-order valence-electron chi connectivity index (χ0n) is 19.9. The van der Waals surface area contributed by atoms with E-state index in [1.54, 1.807) is 0 Å². The standard InChI is InChI=1S/C35H25N/c1-4-13-25(14-5-1)34(26-15-6-2-7-16-26)30-21-12-22-32-35(30)31-23-27-17-10-11-18-28(27)24-33(31)36(32)29-19-8-3-9-20-29/h1-24,34H. The Morgan fingerprint density at radius 3 is 1.64 bits per heavy atom. The Kier molecular flexibility index (Phi) is 4.92. The second-order valence-electron chi connectivity index (χ2n) is 9.38. The Morgan fingerprint density at radius 2 is 1.00 bits per heavy atom. The summed E-state index contributed by atoms with van der Waals surface area (Å²) in [5, 5.41) is 5.14. The van der Waals surface area contributed by atoms with Crippen LogP contribution in [-0.4, -0.2) is 4.57 Å². The molecule has 0 saturated heterocycles. The van der Waals surface area contributed by atoms with Gasteiger partial charge in [0, 0.05) is 22.4 Å². The second-order valence-corrected chi connectivity index (χ2v) is 9.38. The van der Waals surface area contributed by atoms with E-state index in [1.165, 1.54) is 55.0 Å². The van der Waals surface area contributed by atoms with Gasteiger partial charge in [-0.25, -0.2) is 0 Å². The third-order valence-corrected chi connectivity index (χ3v) is 7.28. The molecule has 6 aromatic carbocycles. The average Bonchev–Trinajstić information content (AvgIpc) is 3.27. The molecule has 0 aliphatic heterocycles. The zero-order valence-corrected chi connectivity index (χ0v) is 19.9. The summed E-state index contributed by atoms with van der Waals surface area (Å²) in [6.07, 6.45) is 0. The Balaban J connectivity index is 1.64. The van der Waals surface area contributed by atoms with Gasteiger partial charge in [-0.1, -0.05) is 115 Å². The monoisotopic (exact) mass is 459 g/mol. The van der Waals surface area contributed by atoms with E-state index in [4.69, 9.17) is 0 Å². The molecule has 0 amide bonds. The van der Waals surface area contributed by atoms with E-state index in [0.717, 1.165) is 0 Å². The van der Waals surface area contributed by atoms with Gasteiger partial charge in [-0.05, 0) is 57.8 Å². The SMILES string of the molecule is c1ccc(C(c2ccccc2)c2cccc3c2c2cc4ccccc4cc2n3-c2ccccc2)cc1. The van der Waals surface area contributed by atoms with Gasteiger partial charge in [-0.15, -0.1) is 0 Å². The molecule has 0 radical (unpaired) electrons. The largest absolute Gasteiger partial charge is 0.309 e. The van der Waals surface area contributed by atoms with Crippen molar-refractivity contribution in [3.8, 4) is 5.69 Å². The molecule has 170 valence electrons. The lowest BCUT2D eigenvalue weighted by Gasteiger charge is -2.20. The third-order valence-electron chi connectivity index (χ3n) is 7.28. The lowest BCUT2D eigenvalue weighted by molar-refractivity contribution is 0.989. The highest BCUT2D eigenvalue weighted by atomic mass is 15.0. The van der Waals surface area contributed by atoms with E-state index in [1.807, 2.05) is 0 Å². The van der Waals surface area contributed by atoms with Crippen molar-refractivity contribution in [2.24, 2.45) is 0 Å². The number of aromatic nitrogens is 1. The molecule has 0 spiro atoms. The smallest absolute Gasteiger partial charge is 0.0547 e. The summed E-state index contributed by atoms with van der Waals surface area (Å²) >= 11 is 0. The van der Waals surface area contributed by atoms with Gasteiger partial charge in [-0.2, -0.15) is 0 Å². The van der Waals surface area contributed by atoms with Crippen LogP contribution in [0.25, 0.3) is 38.3 Å². The molecular weight excluding hydrogens is 434 g/mol. The van der Waals surface area contributed by atoms with Crippen LogP contribution in [0.3, 0.4) is 0 Å². The Labute approximate surface area is 210 Å². The van der Waals surface area contributed by atoms with Gasteiger partial charge in [0.15, 0.2) is 0 Å². The first-order valence-corrected chi connectivity index (χ1v) is 12.5. The highest BCUT2D eigenvalue weighted by molar-refractivity contribution is 6.15. The molecule has 1 nitrogen and oxygen atoms in total. The molecule has 1 aromatic heterocycles. The normalized spacial score (nSPS) is 11.6. The predicted molar refractivity (Wildman–Crippen MR) is 152 cm³/mol. The first-order chi connectivity index (χ1) is 17.9. The summed E-state index contributed by atoms with van der Waals surface area (Å²) in [6.45, 7) is 0. The lowest BCUT2D eigenvalue weighted by atomic mass is 9.83. The fourth-order valence-corrected chi connectivity index (χ4v) is 5.72. The van der Waals surface area contributed by atoms with Crippen LogP contribution in [0.15, 0.2) is 146 Å². The molecule has 1 heteroatoms. The quantitative estimate of drug-likeness (QED) is 0.231. The van der Waals surface area contributed by atoms with Gasteiger partial charge in [0.25, 0.3) is 0 Å². The van der Waals surface area contributed by atoms with Crippen LogP contribution >= 0.6 is 0 Å². The van der Waals surface area contributed by atoms with Crippen LogP contribution in [0.5, 0.6) is 0 Å². The second kappa shape index (κ2) is 8.55. The maximum Gasteiger partial charge on any atom is 0.0547 e. The van der Waals surface area contributed by atoms with E-state index in [2.05, 4.69) is 150 Å². The molecule has 7 rings (SSSR count). The van der Waals surface area contributed by atoms with Crippen molar-refractivity contribution in [1.82, 2.24) is 4.57 Å². The minimum atomic E-state index is 0.136. The van der Waals surface area contributed by atoms with Crippen LogP contribution in [0, 0.1) is 0 Å². The number of rotatable bonds is 4. The number of para-hydroxylation sites is 1. The fraction of sp³-hybridized carbons (Fsp3) is 0.0286. The van der Waals surface area contributed by atoms with Gasteiger partial charge in [0.1, 0.15) is 0 Å². The van der Waals surface area contributed by atoms with Crippen LogP contribution in [0.1, 0.15) is 22.6 Å². The lowest BCUT2D eigenvalue weighted by Crippen LogP contribution is -2.04. The van der Waals surface area contributed by atoms with Gasteiger partial charge in [0.2, 0.25) is 0 Å². The Morgan fingerprint density at radius 1 is 0.444 bits per heavy atom. The van der Waals surface area contributed by atoms with Crippen LogP contribution in [0.2, 0.25) is 0 Å². The molecule has 36 heavy (non-hydrogen) atoms. The molecule has 0 unspecified atom stereocenters. The van der Waals surface area contributed by atoms with Crippen molar-refractivity contribution in [1.29, 1.82) is 0 Å². The highest BCUT2D eigenvalue weighted by Gasteiger charge is 2.23. The molecule has 0 N–H and O–H groups in total. The molecule has 0 aliphatic carbocycles. The first-order valence-electron chi connectivity index (χ1n) is 12.5. The maximum absolute atomic E-state index is 2.42. The number of hydrogen-bond donors (Lipinski definition) is 0. The third kappa shape index (κ3) is 3.32. The van der Waals surface area contributed by atoms with Crippen LogP contribution in [-0.2, 0) is 0 Å². The van der Waals surface area contributed by atoms with Crippen molar-refractivity contribution in [3.63, 3.8) is 0 Å². The molecular formula is C35H25N. The van der Waals surface area contributed by atoms with Gasteiger partial charge >= 0.3 is 0 Å². The number of fused-ring (bicyclic) bond motifs is 4. The minimum Gasteiger partial charge on any atom is -0.309 e. The van der Waals surface area contributed by atoms with Crippen LogP contribution in [0.4, 0.5) is 0 Å². The number of hydrogen-bond acceptors (Lipinski definition) is 0. The van der Waals surface area contributed by atoms with Gasteiger partial charge < -0.3 is 4.57 Å². The molecule has 0 atom stereocenters. The molecule has 0 fully saturated rings. The minimum absolute atomic E-state index is 0.136. The predicted octanol–water partition coefficient (Wildman–Crippen LogP) is 9.12. The fourth-order valence-electron chi connectivity index (χ4n) is 5.72. The summed E-state index contributed by atoms with van der Waals surface area (Å²) in [5.74, 6) is 0.136. The highest BCUT2D eigenvalue weighted by Crippen LogP contribution is 2.42. The topological polar surface area (TPSA) is 4.93 Å². The Hall–Kier alpha value is -4.62. The molecule has 0 bridgehead atoms. The van der Waals surface area contributed by atoms with Crippen molar-refractivity contribution >= 4 is 32.6 Å². The van der Waals surface area contributed by atoms with Crippen molar-refractivity contribution in [3.05, 3.63) is 162 Å². The van der Waals surface area contributed by atoms with Gasteiger partial charge in [0.05, 0.1) is 11.0 Å². The number of benzene rings is 6. The maximum atomic E-state index is 2.42. The summed E-state index contributed by atoms with van der Waals surface area (Å²) in [7, 11) is 0. The van der Waals surface area contributed by atoms with E-state index >= 15 is 0 Å². The van der Waals surface area contributed by atoms with E-state index in [0.29, 0.717) is 0 Å². The zero-order chi connectivity index (χ0) is 23.9. The Bertz CT molecular complexity index is 1770. The number of nitrogens with zero attached hydrogens (tertiary/aromatic N) is 1. The van der Waals surface area contributed by atoms with Crippen molar-refractivity contribution in [2.45, 2.75) is 5.92 Å². The summed E-state index contributed by atoms with van der Waals surface area (Å²) < 4.78 is 2.42. The van der Waals surface area contributed by atoms with Gasteiger partial charge in [-0.3, -0.25) is 0 Å². The summed E-state index contributed by atoms with van der Waals surface area (Å²) in [6, 6.07) is 52.7. The van der Waals surface area contributed by atoms with E-state index < -0.39 is 0 Å². The van der Waals surface area contributed by atoms with E-state index in [-0.39, 0.29) is 5.92 Å². The van der Waals surface area contributed by atoms with Crippen molar-refractivity contribution in [2.75, 3.05) is 0 Å². The molecule has 1 heterocycles. The average molecular weight is 460 g/mol. The first kappa shape index (κ1) is 20.7. The summed E-state index contributed by atoms with van der Waals surface area (Å²) in [4.78, 5) is 0. The van der Waals surface area contributed by atoms with Crippen molar-refractivity contribution < 1.29 is 0 Å². The summed E-state index contributed by atoms with van der Waals surface area (Å²) in [5.41, 5.74) is 7.60. The molecule has 0 aliphatic rings. The van der Waals surface area contributed by atoms with E-state index in [9.17, 15) is 0 Å². The van der Waals surface area contributed by atoms with Crippen LogP contribution < -0.4 is 0 Å². The molecule has 0 saturated carbocycles. The molecule has 7 aromatic rings.